The van der Waals surface area contributed by atoms with Crippen LogP contribution in [0.1, 0.15) is 110 Å². The molecule has 0 aromatic rings. The summed E-state index contributed by atoms with van der Waals surface area (Å²) in [6, 6.07) is 0. The van der Waals surface area contributed by atoms with Gasteiger partial charge in [0.15, 0.2) is 0 Å². The molecule has 0 aromatic carbocycles. The molecule has 0 radical (unpaired) electrons. The summed E-state index contributed by atoms with van der Waals surface area (Å²) in [6.07, 6.45) is 41.5. The molecule has 0 rings (SSSR count). The molecule has 0 fully saturated rings. The maximum Gasteiger partial charge on any atom is 0.322 e. The van der Waals surface area contributed by atoms with Crippen LogP contribution in [-0.2, 0) is 19.1 Å². The Labute approximate surface area is 255 Å². The van der Waals surface area contributed by atoms with Crippen LogP contribution in [0.15, 0.2) is 85.1 Å². The number of carboxylic acid groups (broad SMARTS) is 1. The molecule has 0 saturated heterocycles. The number of carbonyl (C=O) groups excluding carboxylic acids is 2. The van der Waals surface area contributed by atoms with E-state index in [0.717, 1.165) is 70.6 Å². The maximum absolute atomic E-state index is 12.5. The summed E-state index contributed by atoms with van der Waals surface area (Å²) < 4.78 is 5.78. The van der Waals surface area contributed by atoms with Gasteiger partial charge in [0.2, 0.25) is 5.91 Å². The molecule has 0 aromatic heterocycles. The summed E-state index contributed by atoms with van der Waals surface area (Å²) in [5.41, 5.74) is 0. The van der Waals surface area contributed by atoms with Gasteiger partial charge >= 0.3 is 11.9 Å². The summed E-state index contributed by atoms with van der Waals surface area (Å²) in [5.74, 6) is -1.47. The number of ether oxygens (including phenoxy) is 1. The first-order chi connectivity index (χ1) is 20.5. The number of carbonyl (C=O) groups is 3. The lowest BCUT2D eigenvalue weighted by Crippen LogP contribution is -2.28. The number of esters is 1. The van der Waals surface area contributed by atoms with Crippen molar-refractivity contribution >= 4 is 17.8 Å². The van der Waals surface area contributed by atoms with Crippen molar-refractivity contribution in [3.8, 4) is 0 Å². The van der Waals surface area contributed by atoms with Crippen molar-refractivity contribution < 1.29 is 24.2 Å². The highest BCUT2D eigenvalue weighted by Crippen LogP contribution is 2.13. The Morgan fingerprint density at radius 3 is 1.69 bits per heavy atom. The van der Waals surface area contributed by atoms with Gasteiger partial charge in [0, 0.05) is 12.8 Å². The number of amides is 1. The van der Waals surface area contributed by atoms with E-state index in [1.807, 2.05) is 18.2 Å². The largest absolute Gasteiger partial charge is 0.480 e. The Morgan fingerprint density at radius 2 is 1.14 bits per heavy atom. The Balaban J connectivity index is 4.45. The summed E-state index contributed by atoms with van der Waals surface area (Å²) in [4.78, 5) is 34.6. The van der Waals surface area contributed by atoms with Gasteiger partial charge in [0.1, 0.15) is 12.6 Å². The third-order valence-corrected chi connectivity index (χ3v) is 6.06. The van der Waals surface area contributed by atoms with Crippen molar-refractivity contribution in [2.75, 3.05) is 6.54 Å². The van der Waals surface area contributed by atoms with Crippen molar-refractivity contribution in [3.05, 3.63) is 85.1 Å². The molecular formula is C36H55NO5. The third-order valence-electron chi connectivity index (χ3n) is 6.06. The van der Waals surface area contributed by atoms with Gasteiger partial charge < -0.3 is 15.2 Å². The van der Waals surface area contributed by atoms with E-state index < -0.39 is 5.97 Å². The molecule has 234 valence electrons. The number of allylic oxidation sites excluding steroid dienone is 13. The summed E-state index contributed by atoms with van der Waals surface area (Å²) in [7, 11) is 0. The highest BCUT2D eigenvalue weighted by atomic mass is 16.5. The van der Waals surface area contributed by atoms with Crippen molar-refractivity contribution in [1.29, 1.82) is 0 Å². The summed E-state index contributed by atoms with van der Waals surface area (Å²) in [6.45, 7) is 3.91. The zero-order chi connectivity index (χ0) is 30.9. The average Bonchev–Trinajstić information content (AvgIpc) is 2.97. The Kier molecular flexibility index (Phi) is 28.1. The second-order valence-electron chi connectivity index (χ2n) is 9.94. The highest BCUT2D eigenvalue weighted by molar-refractivity contribution is 5.80. The van der Waals surface area contributed by atoms with Gasteiger partial charge in [-0.15, -0.1) is 0 Å². The SMILES string of the molecule is CC/C=C\C/C=C\C/C=C\C/C=C\CCC(=O)OC(/C=C\C/C=C\C/C=C\CC)CCCCCCC(=O)NCC(=O)O. The van der Waals surface area contributed by atoms with E-state index in [9.17, 15) is 14.4 Å². The Hall–Kier alpha value is -3.41. The quantitative estimate of drug-likeness (QED) is 0.0604. The fraction of sp³-hybridized carbons (Fsp3) is 0.528. The third kappa shape index (κ3) is 29.6. The van der Waals surface area contributed by atoms with E-state index in [0.29, 0.717) is 25.7 Å². The molecule has 2 N–H and O–H groups in total. The van der Waals surface area contributed by atoms with Crippen LogP contribution < -0.4 is 5.32 Å². The fourth-order valence-electron chi connectivity index (χ4n) is 3.81. The summed E-state index contributed by atoms with van der Waals surface area (Å²) in [5, 5.41) is 11.0. The van der Waals surface area contributed by atoms with Crippen LogP contribution in [0.4, 0.5) is 0 Å². The minimum atomic E-state index is -1.04. The van der Waals surface area contributed by atoms with Crippen LogP contribution in [0.5, 0.6) is 0 Å². The fourth-order valence-corrected chi connectivity index (χ4v) is 3.81. The molecule has 0 aliphatic rings. The van der Waals surface area contributed by atoms with Gasteiger partial charge in [0.25, 0.3) is 0 Å². The highest BCUT2D eigenvalue weighted by Gasteiger charge is 2.11. The lowest BCUT2D eigenvalue weighted by atomic mass is 10.1. The van der Waals surface area contributed by atoms with E-state index in [1.54, 1.807) is 0 Å². The predicted octanol–water partition coefficient (Wildman–Crippen LogP) is 8.88. The van der Waals surface area contributed by atoms with Crippen LogP contribution >= 0.6 is 0 Å². The maximum atomic E-state index is 12.5. The first-order valence-electron chi connectivity index (χ1n) is 15.7. The van der Waals surface area contributed by atoms with E-state index in [-0.39, 0.29) is 24.5 Å². The van der Waals surface area contributed by atoms with Gasteiger partial charge in [-0.25, -0.2) is 0 Å². The molecule has 1 atom stereocenters. The molecule has 0 aliphatic heterocycles. The van der Waals surface area contributed by atoms with E-state index >= 15 is 0 Å². The first kappa shape index (κ1) is 38.6. The van der Waals surface area contributed by atoms with E-state index in [1.165, 1.54) is 0 Å². The minimum absolute atomic E-state index is 0.192. The van der Waals surface area contributed by atoms with Crippen molar-refractivity contribution in [3.63, 3.8) is 0 Å². The van der Waals surface area contributed by atoms with Gasteiger partial charge in [-0.2, -0.15) is 0 Å². The normalized spacial score (nSPS) is 13.2. The second-order valence-corrected chi connectivity index (χ2v) is 9.94. The number of unbranched alkanes of at least 4 members (excludes halogenated alkanes) is 3. The molecule has 42 heavy (non-hydrogen) atoms. The second kappa shape index (κ2) is 30.5. The average molecular weight is 582 g/mol. The molecule has 0 bridgehead atoms. The molecule has 0 heterocycles. The smallest absolute Gasteiger partial charge is 0.322 e. The number of rotatable bonds is 26. The van der Waals surface area contributed by atoms with Crippen LogP contribution in [0.3, 0.4) is 0 Å². The minimum Gasteiger partial charge on any atom is -0.480 e. The Bertz CT molecular complexity index is 908. The number of aliphatic carboxylic acids is 1. The molecule has 6 heteroatoms. The van der Waals surface area contributed by atoms with Crippen molar-refractivity contribution in [2.45, 2.75) is 116 Å². The zero-order valence-electron chi connectivity index (χ0n) is 26.1. The van der Waals surface area contributed by atoms with Gasteiger partial charge in [-0.05, 0) is 76.7 Å². The lowest BCUT2D eigenvalue weighted by molar-refractivity contribution is -0.147. The van der Waals surface area contributed by atoms with Crippen LogP contribution in [-0.4, -0.2) is 35.6 Å². The number of hydrogen-bond donors (Lipinski definition) is 2. The molecule has 0 saturated carbocycles. The number of carboxylic acids is 1. The Morgan fingerprint density at radius 1 is 0.643 bits per heavy atom. The van der Waals surface area contributed by atoms with Gasteiger partial charge in [0.05, 0.1) is 0 Å². The van der Waals surface area contributed by atoms with E-state index in [4.69, 9.17) is 9.84 Å². The van der Waals surface area contributed by atoms with E-state index in [2.05, 4.69) is 86.0 Å². The van der Waals surface area contributed by atoms with Gasteiger partial charge in [-0.3, -0.25) is 14.4 Å². The lowest BCUT2D eigenvalue weighted by Gasteiger charge is -2.14. The topological polar surface area (TPSA) is 92.7 Å². The monoisotopic (exact) mass is 581 g/mol. The summed E-state index contributed by atoms with van der Waals surface area (Å²) >= 11 is 0. The zero-order valence-corrected chi connectivity index (χ0v) is 26.1. The van der Waals surface area contributed by atoms with Crippen LogP contribution in [0.25, 0.3) is 0 Å². The first-order valence-corrected chi connectivity index (χ1v) is 15.7. The number of hydrogen-bond acceptors (Lipinski definition) is 4. The molecule has 0 aliphatic carbocycles. The number of nitrogens with one attached hydrogen (secondary N) is 1. The molecule has 1 unspecified atom stereocenters. The van der Waals surface area contributed by atoms with Crippen LogP contribution in [0.2, 0.25) is 0 Å². The molecule has 0 spiro atoms. The standard InChI is InChI=1S/C36H55NO5/c1-3-5-7-9-11-13-14-15-16-17-19-21-27-31-36(41)42-33(28-24-20-18-12-10-8-6-4-2)29-25-22-23-26-30-34(38)37-32-35(39)40/h5-8,11-13,15-16,18-19,21,24,28,33H,3-4,9-10,14,17,20,22-23,25-27,29-32H2,1-2H3,(H,37,38)(H,39,40)/b7-5-,8-6-,13-11-,16-15-,18-12-,21-19-,28-24-. The van der Waals surface area contributed by atoms with Gasteiger partial charge in [-0.1, -0.05) is 106 Å². The molecular weight excluding hydrogens is 526 g/mol. The molecule has 6 nitrogen and oxygen atoms in total. The van der Waals surface area contributed by atoms with Crippen LogP contribution in [0, 0.1) is 0 Å². The van der Waals surface area contributed by atoms with Crippen molar-refractivity contribution in [2.24, 2.45) is 0 Å². The van der Waals surface area contributed by atoms with Crippen molar-refractivity contribution in [1.82, 2.24) is 5.32 Å². The molecule has 1 amide bonds. The predicted molar refractivity (Wildman–Crippen MR) is 175 cm³/mol.